The number of likely N-dealkylation sites (tertiary alicyclic amines) is 1. The highest BCUT2D eigenvalue weighted by Gasteiger charge is 2.50. The van der Waals surface area contributed by atoms with Crippen molar-refractivity contribution in [1.82, 2.24) is 19.9 Å². The van der Waals surface area contributed by atoms with Crippen LogP contribution in [0.25, 0.3) is 32.9 Å². The minimum Gasteiger partial charge on any atom is -0.508 e. The summed E-state index contributed by atoms with van der Waals surface area (Å²) in [5, 5.41) is 23.9. The van der Waals surface area contributed by atoms with Crippen LogP contribution in [0.5, 0.6) is 11.8 Å². The fourth-order valence-electron chi connectivity index (χ4n) is 9.90. The predicted octanol–water partition coefficient (Wildman–Crippen LogP) is 6.81. The van der Waals surface area contributed by atoms with Gasteiger partial charge in [0.1, 0.15) is 28.4 Å². The van der Waals surface area contributed by atoms with Crippen molar-refractivity contribution in [1.29, 1.82) is 0 Å². The van der Waals surface area contributed by atoms with Crippen molar-refractivity contribution in [3.8, 4) is 23.0 Å². The quantitative estimate of drug-likeness (QED) is 0.212. The van der Waals surface area contributed by atoms with Gasteiger partial charge in [0.2, 0.25) is 0 Å². The van der Waals surface area contributed by atoms with Crippen LogP contribution in [0.15, 0.2) is 36.5 Å². The van der Waals surface area contributed by atoms with Gasteiger partial charge in [-0.25, -0.2) is 4.39 Å². The Labute approximate surface area is 305 Å². The first-order chi connectivity index (χ1) is 25.0. The number of halogens is 1. The number of aliphatic hydroxyl groups is 1. The normalized spacial score (nSPS) is 30.1. The smallest absolute Gasteiger partial charge is 0.319 e. The van der Waals surface area contributed by atoms with E-state index in [-0.39, 0.29) is 53.7 Å². The van der Waals surface area contributed by atoms with Crippen molar-refractivity contribution in [2.24, 2.45) is 5.41 Å². The molecule has 52 heavy (non-hydrogen) atoms. The molecule has 6 atom stereocenters. The highest BCUT2D eigenvalue weighted by Crippen LogP contribution is 2.50. The molecule has 0 bridgehead atoms. The minimum absolute atomic E-state index is 0.0350. The number of rotatable bonds is 7. The second-order valence-electron chi connectivity index (χ2n) is 16.1. The summed E-state index contributed by atoms with van der Waals surface area (Å²) in [6.45, 7) is 11.0. The van der Waals surface area contributed by atoms with E-state index in [1.165, 1.54) is 0 Å². The molecule has 0 radical (unpaired) electrons. The van der Waals surface area contributed by atoms with E-state index in [2.05, 4.69) is 30.7 Å². The summed E-state index contributed by atoms with van der Waals surface area (Å²) in [6, 6.07) is 10.2. The molecule has 3 saturated heterocycles. The van der Waals surface area contributed by atoms with E-state index in [0.717, 1.165) is 74.2 Å². The zero-order valence-electron chi connectivity index (χ0n) is 30.9. The summed E-state index contributed by atoms with van der Waals surface area (Å²) in [5.74, 6) is -0.118. The Morgan fingerprint density at radius 1 is 1.08 bits per heavy atom. The molecule has 278 valence electrons. The molecule has 2 aromatic carbocycles. The lowest BCUT2D eigenvalue weighted by Gasteiger charge is -2.51. The Hall–Kier alpha value is -3.64. The molecular formula is C41H52FN5O5. The highest BCUT2D eigenvalue weighted by molar-refractivity contribution is 6.01. The minimum atomic E-state index is -1.14. The Morgan fingerprint density at radius 2 is 1.88 bits per heavy atom. The standard InChI is InChI=1S/C41H52FN5O5/c1-5-27-9-6-10-28-19-30(48)20-31(34(27)28)36-35(42)37-32(21-43-36)38(46-15-16-50-23-40(4,49)22-46)45-39(44-37)51-24-41-12-7-11-33(41)47(14-8-13-41)29-17-25(2)52-26(3)18-29/h6,9-10,19-21,25-26,29,33,48-49H,5,7-8,11-18,22-24H2,1-4H3/t25-,26+,29?,33-,40+,41-/m1/s1. The van der Waals surface area contributed by atoms with Crippen molar-refractivity contribution in [3.63, 3.8) is 0 Å². The van der Waals surface area contributed by atoms with Gasteiger partial charge in [0.05, 0.1) is 44.0 Å². The lowest BCUT2D eigenvalue weighted by atomic mass is 9.74. The molecule has 10 nitrogen and oxygen atoms in total. The van der Waals surface area contributed by atoms with Gasteiger partial charge in [0.25, 0.3) is 0 Å². The van der Waals surface area contributed by atoms with Gasteiger partial charge in [-0.15, -0.1) is 0 Å². The van der Waals surface area contributed by atoms with Crippen LogP contribution in [-0.2, 0) is 15.9 Å². The van der Waals surface area contributed by atoms with Crippen LogP contribution in [0.1, 0.15) is 78.2 Å². The molecule has 2 aromatic heterocycles. The maximum Gasteiger partial charge on any atom is 0.319 e. The molecule has 1 unspecified atom stereocenters. The fourth-order valence-corrected chi connectivity index (χ4v) is 9.90. The molecular weight excluding hydrogens is 661 g/mol. The molecule has 4 fully saturated rings. The first kappa shape index (κ1) is 35.4. The number of ether oxygens (including phenoxy) is 3. The number of aryl methyl sites for hydroxylation is 1. The van der Waals surface area contributed by atoms with E-state index < -0.39 is 11.4 Å². The largest absolute Gasteiger partial charge is 0.508 e. The summed E-state index contributed by atoms with van der Waals surface area (Å²) < 4.78 is 35.6. The average Bonchev–Trinajstić information content (AvgIpc) is 3.46. The molecule has 2 N–H and O–H groups in total. The number of hydrogen-bond donors (Lipinski definition) is 2. The Kier molecular flexibility index (Phi) is 9.51. The summed E-state index contributed by atoms with van der Waals surface area (Å²) in [6.07, 6.45) is 10.5. The number of hydrogen-bond acceptors (Lipinski definition) is 10. The number of piperidine rings is 1. The van der Waals surface area contributed by atoms with Crippen molar-refractivity contribution >= 4 is 27.5 Å². The predicted molar refractivity (Wildman–Crippen MR) is 199 cm³/mol. The first-order valence-electron chi connectivity index (χ1n) is 19.2. The monoisotopic (exact) mass is 713 g/mol. The molecule has 0 spiro atoms. The molecule has 3 aliphatic heterocycles. The van der Waals surface area contributed by atoms with Gasteiger partial charge in [-0.3, -0.25) is 9.88 Å². The summed E-state index contributed by atoms with van der Waals surface area (Å²) in [5.41, 5.74) is 0.556. The van der Waals surface area contributed by atoms with Crippen LogP contribution in [0, 0.1) is 11.2 Å². The number of aromatic hydroxyl groups is 1. The number of anilines is 1. The third-order valence-corrected chi connectivity index (χ3v) is 12.1. The summed E-state index contributed by atoms with van der Waals surface area (Å²) in [4.78, 5) is 19.1. The van der Waals surface area contributed by atoms with Crippen LogP contribution < -0.4 is 9.64 Å². The number of phenolic OH excluding ortho intramolecular Hbond substituents is 1. The average molecular weight is 714 g/mol. The maximum absolute atomic E-state index is 17.1. The molecule has 0 amide bonds. The van der Waals surface area contributed by atoms with Crippen molar-refractivity contribution in [2.45, 2.75) is 109 Å². The van der Waals surface area contributed by atoms with Crippen LogP contribution in [0.3, 0.4) is 0 Å². The number of fused-ring (bicyclic) bond motifs is 3. The van der Waals surface area contributed by atoms with E-state index in [9.17, 15) is 10.2 Å². The van der Waals surface area contributed by atoms with Gasteiger partial charge in [-0.1, -0.05) is 31.5 Å². The van der Waals surface area contributed by atoms with Crippen molar-refractivity contribution < 1.29 is 28.8 Å². The molecule has 4 aliphatic rings. The van der Waals surface area contributed by atoms with Crippen LogP contribution in [-0.4, -0.2) is 99.4 Å². The second kappa shape index (κ2) is 14.0. The topological polar surface area (TPSA) is 113 Å². The Morgan fingerprint density at radius 3 is 2.69 bits per heavy atom. The fraction of sp³-hybridized carbons (Fsp3) is 0.585. The SMILES string of the molecule is CCc1cccc2cc(O)cc(-c3ncc4c(N5CCOC[C@@](C)(O)C5)nc(OC[C@]56CCC[C@H]5N(C5C[C@@H](C)O[C@@H](C)C5)CCC6)nc4c3F)c12. The lowest BCUT2D eigenvalue weighted by Crippen LogP contribution is -2.57. The molecule has 5 heterocycles. The van der Waals surface area contributed by atoms with Crippen LogP contribution in [0.2, 0.25) is 0 Å². The number of phenols is 1. The second-order valence-corrected chi connectivity index (χ2v) is 16.1. The van der Waals surface area contributed by atoms with Crippen LogP contribution in [0.4, 0.5) is 10.2 Å². The third-order valence-electron chi connectivity index (χ3n) is 12.1. The number of nitrogens with zero attached hydrogens (tertiary/aromatic N) is 5. The Balaban J connectivity index is 1.20. The Bertz CT molecular complexity index is 1950. The number of aromatic nitrogens is 3. The van der Waals surface area contributed by atoms with E-state index in [0.29, 0.717) is 48.6 Å². The highest BCUT2D eigenvalue weighted by atomic mass is 19.1. The first-order valence-corrected chi connectivity index (χ1v) is 19.2. The van der Waals surface area contributed by atoms with E-state index in [1.807, 2.05) is 23.1 Å². The van der Waals surface area contributed by atoms with Gasteiger partial charge < -0.3 is 29.3 Å². The van der Waals surface area contributed by atoms with E-state index in [1.54, 1.807) is 25.3 Å². The zero-order valence-corrected chi connectivity index (χ0v) is 30.9. The molecule has 8 rings (SSSR count). The molecule has 11 heteroatoms. The zero-order chi connectivity index (χ0) is 36.2. The van der Waals surface area contributed by atoms with Crippen LogP contribution >= 0.6 is 0 Å². The summed E-state index contributed by atoms with van der Waals surface area (Å²) >= 11 is 0. The molecule has 1 aliphatic carbocycles. The van der Waals surface area contributed by atoms with Crippen molar-refractivity contribution in [3.05, 3.63) is 47.9 Å². The number of benzene rings is 2. The van der Waals surface area contributed by atoms with Gasteiger partial charge in [0, 0.05) is 35.8 Å². The maximum atomic E-state index is 17.1. The van der Waals surface area contributed by atoms with Gasteiger partial charge in [0.15, 0.2) is 5.82 Å². The van der Waals surface area contributed by atoms with E-state index in [4.69, 9.17) is 24.2 Å². The molecule has 1 saturated carbocycles. The number of pyridine rings is 1. The lowest BCUT2D eigenvalue weighted by molar-refractivity contribution is -0.0967. The molecule has 4 aromatic rings. The van der Waals surface area contributed by atoms with Gasteiger partial charge >= 0.3 is 6.01 Å². The number of β-amino-alcohol motifs (C(OH)–C–C–N with tert-alkyl or cyclic N) is 1. The third kappa shape index (κ3) is 6.58. The summed E-state index contributed by atoms with van der Waals surface area (Å²) in [7, 11) is 0. The van der Waals surface area contributed by atoms with Gasteiger partial charge in [-0.05, 0) is 101 Å². The van der Waals surface area contributed by atoms with E-state index >= 15 is 4.39 Å². The van der Waals surface area contributed by atoms with Crippen molar-refractivity contribution in [2.75, 3.05) is 44.4 Å². The van der Waals surface area contributed by atoms with Gasteiger partial charge in [-0.2, -0.15) is 9.97 Å².